The SMILES string of the molecule is CC(=O)N1CCN(c2ccc(NC(=O)c3cccc(C)c3)cc2C(=O)O)CC1.O=C(O)C(F)(F)F. The van der Waals surface area contributed by atoms with E-state index < -0.39 is 18.1 Å². The fourth-order valence-corrected chi connectivity index (χ4v) is 3.31. The Labute approximate surface area is 198 Å². The Morgan fingerprint density at radius 1 is 0.943 bits per heavy atom. The molecule has 9 nitrogen and oxygen atoms in total. The van der Waals surface area contributed by atoms with Gasteiger partial charge in [-0.15, -0.1) is 0 Å². The summed E-state index contributed by atoms with van der Waals surface area (Å²) < 4.78 is 31.7. The van der Waals surface area contributed by atoms with E-state index in [0.717, 1.165) is 5.56 Å². The van der Waals surface area contributed by atoms with Crippen molar-refractivity contribution in [3.63, 3.8) is 0 Å². The number of carboxylic acid groups (broad SMARTS) is 2. The van der Waals surface area contributed by atoms with Crippen molar-refractivity contribution < 1.29 is 42.6 Å². The molecular weight excluding hydrogens is 471 g/mol. The summed E-state index contributed by atoms with van der Waals surface area (Å²) in [6, 6.07) is 12.1. The summed E-state index contributed by atoms with van der Waals surface area (Å²) >= 11 is 0. The lowest BCUT2D eigenvalue weighted by Crippen LogP contribution is -2.48. The zero-order valence-electron chi connectivity index (χ0n) is 18.9. The lowest BCUT2D eigenvalue weighted by atomic mass is 10.1. The standard InChI is InChI=1S/C21H23N3O4.C2HF3O2/c1-14-4-3-5-16(12-14)20(26)22-17-6-7-19(18(13-17)21(27)28)24-10-8-23(9-11-24)15(2)25;3-2(4,5)1(6)7/h3-7,12-13H,8-11H2,1-2H3,(H,22,26)(H,27,28);(H,6,7). The van der Waals surface area contributed by atoms with Crippen molar-refractivity contribution in [3.05, 3.63) is 59.2 Å². The van der Waals surface area contributed by atoms with Crippen molar-refractivity contribution in [2.75, 3.05) is 36.4 Å². The highest BCUT2D eigenvalue weighted by molar-refractivity contribution is 6.05. The van der Waals surface area contributed by atoms with E-state index in [1.807, 2.05) is 17.9 Å². The van der Waals surface area contributed by atoms with Crippen LogP contribution >= 0.6 is 0 Å². The predicted molar refractivity (Wildman–Crippen MR) is 121 cm³/mol. The Kier molecular flexibility index (Phi) is 8.81. The van der Waals surface area contributed by atoms with Gasteiger partial charge in [-0.1, -0.05) is 17.7 Å². The second-order valence-electron chi connectivity index (χ2n) is 7.66. The van der Waals surface area contributed by atoms with Gasteiger partial charge in [0.1, 0.15) is 0 Å². The molecule has 1 aliphatic rings. The van der Waals surface area contributed by atoms with Gasteiger partial charge in [0.25, 0.3) is 5.91 Å². The number of rotatable bonds is 4. The minimum Gasteiger partial charge on any atom is -0.478 e. The van der Waals surface area contributed by atoms with E-state index in [0.29, 0.717) is 43.1 Å². The van der Waals surface area contributed by atoms with E-state index in [-0.39, 0.29) is 17.4 Å². The number of carbonyl (C=O) groups excluding carboxylic acids is 2. The third-order valence-electron chi connectivity index (χ3n) is 5.07. The van der Waals surface area contributed by atoms with Gasteiger partial charge in [-0.2, -0.15) is 13.2 Å². The van der Waals surface area contributed by atoms with Crippen molar-refractivity contribution >= 4 is 35.1 Å². The van der Waals surface area contributed by atoms with Crippen molar-refractivity contribution in [1.82, 2.24) is 4.90 Å². The summed E-state index contributed by atoms with van der Waals surface area (Å²) in [6.07, 6.45) is -5.08. The number of aromatic carboxylic acids is 1. The number of aliphatic carboxylic acids is 1. The smallest absolute Gasteiger partial charge is 0.478 e. The van der Waals surface area contributed by atoms with Crippen molar-refractivity contribution in [2.24, 2.45) is 0 Å². The normalized spacial score (nSPS) is 13.4. The maximum atomic E-state index is 12.4. The Balaban J connectivity index is 0.000000540. The number of alkyl halides is 3. The number of nitrogens with one attached hydrogen (secondary N) is 1. The third kappa shape index (κ3) is 7.73. The van der Waals surface area contributed by atoms with Gasteiger partial charge >= 0.3 is 18.1 Å². The number of benzene rings is 2. The number of hydrogen-bond acceptors (Lipinski definition) is 5. The van der Waals surface area contributed by atoms with E-state index in [4.69, 9.17) is 9.90 Å². The first-order valence-electron chi connectivity index (χ1n) is 10.4. The Bertz CT molecular complexity index is 1110. The number of anilines is 2. The highest BCUT2D eigenvalue weighted by Crippen LogP contribution is 2.26. The van der Waals surface area contributed by atoms with Crippen LogP contribution in [0.5, 0.6) is 0 Å². The molecule has 0 aromatic heterocycles. The first-order valence-corrected chi connectivity index (χ1v) is 10.4. The van der Waals surface area contributed by atoms with Crippen LogP contribution in [0, 0.1) is 6.92 Å². The topological polar surface area (TPSA) is 127 Å². The Morgan fingerprint density at radius 2 is 1.54 bits per heavy atom. The summed E-state index contributed by atoms with van der Waals surface area (Å²) in [5.74, 6) is -4.08. The van der Waals surface area contributed by atoms with Crippen molar-refractivity contribution in [1.29, 1.82) is 0 Å². The number of halogens is 3. The van der Waals surface area contributed by atoms with Gasteiger partial charge in [-0.05, 0) is 37.3 Å². The zero-order chi connectivity index (χ0) is 26.3. The molecule has 1 heterocycles. The van der Waals surface area contributed by atoms with E-state index in [9.17, 15) is 32.7 Å². The molecule has 3 N–H and O–H groups in total. The largest absolute Gasteiger partial charge is 0.490 e. The second-order valence-corrected chi connectivity index (χ2v) is 7.66. The molecule has 0 atom stereocenters. The van der Waals surface area contributed by atoms with Gasteiger partial charge in [0, 0.05) is 44.4 Å². The first-order chi connectivity index (χ1) is 16.3. The quantitative estimate of drug-likeness (QED) is 0.594. The highest BCUT2D eigenvalue weighted by atomic mass is 19.4. The van der Waals surface area contributed by atoms with Crippen LogP contribution in [0.1, 0.15) is 33.2 Å². The molecule has 0 radical (unpaired) electrons. The van der Waals surface area contributed by atoms with Crippen LogP contribution in [0.25, 0.3) is 0 Å². The van der Waals surface area contributed by atoms with Crippen LogP contribution in [-0.4, -0.2) is 71.2 Å². The second kappa shape index (κ2) is 11.4. The Morgan fingerprint density at radius 3 is 2.03 bits per heavy atom. The number of carbonyl (C=O) groups is 4. The monoisotopic (exact) mass is 495 g/mol. The van der Waals surface area contributed by atoms with E-state index in [1.165, 1.54) is 13.0 Å². The number of aryl methyl sites for hydroxylation is 1. The molecule has 2 amide bonds. The molecule has 2 aromatic carbocycles. The van der Waals surface area contributed by atoms with Crippen LogP contribution in [0.3, 0.4) is 0 Å². The van der Waals surface area contributed by atoms with Gasteiger partial charge in [0.2, 0.25) is 5.91 Å². The van der Waals surface area contributed by atoms with Crippen LogP contribution in [0.4, 0.5) is 24.5 Å². The minimum absolute atomic E-state index is 0.0207. The molecule has 2 aromatic rings. The number of piperazine rings is 1. The lowest BCUT2D eigenvalue weighted by Gasteiger charge is -2.36. The molecule has 1 aliphatic heterocycles. The van der Waals surface area contributed by atoms with Gasteiger partial charge in [-0.3, -0.25) is 9.59 Å². The summed E-state index contributed by atoms with van der Waals surface area (Å²) in [5.41, 5.74) is 2.62. The minimum atomic E-state index is -5.08. The molecule has 3 rings (SSSR count). The molecule has 1 saturated heterocycles. The molecule has 0 bridgehead atoms. The first kappa shape index (κ1) is 27.2. The maximum absolute atomic E-state index is 12.4. The van der Waals surface area contributed by atoms with Gasteiger partial charge < -0.3 is 25.3 Å². The van der Waals surface area contributed by atoms with E-state index in [1.54, 1.807) is 35.2 Å². The summed E-state index contributed by atoms with van der Waals surface area (Å²) in [4.78, 5) is 48.3. The summed E-state index contributed by atoms with van der Waals surface area (Å²) in [6.45, 7) is 5.67. The predicted octanol–water partition coefficient (Wildman–Crippen LogP) is 3.25. The van der Waals surface area contributed by atoms with Gasteiger partial charge in [0.15, 0.2) is 0 Å². The van der Waals surface area contributed by atoms with Crippen LogP contribution < -0.4 is 10.2 Å². The number of amides is 2. The summed E-state index contributed by atoms with van der Waals surface area (Å²) in [5, 5.41) is 19.5. The third-order valence-corrected chi connectivity index (χ3v) is 5.07. The molecule has 0 spiro atoms. The zero-order valence-corrected chi connectivity index (χ0v) is 18.9. The molecule has 0 saturated carbocycles. The number of hydrogen-bond donors (Lipinski definition) is 3. The molecular formula is C23H24F3N3O6. The van der Waals surface area contributed by atoms with Crippen LogP contribution in [-0.2, 0) is 9.59 Å². The molecule has 0 aliphatic carbocycles. The van der Waals surface area contributed by atoms with E-state index >= 15 is 0 Å². The van der Waals surface area contributed by atoms with Gasteiger partial charge in [-0.25, -0.2) is 9.59 Å². The Hall–Kier alpha value is -4.09. The maximum Gasteiger partial charge on any atom is 0.490 e. The average Bonchev–Trinajstić information content (AvgIpc) is 2.79. The van der Waals surface area contributed by atoms with Crippen molar-refractivity contribution in [2.45, 2.75) is 20.0 Å². The number of nitrogens with zero attached hydrogens (tertiary/aromatic N) is 2. The summed E-state index contributed by atoms with van der Waals surface area (Å²) in [7, 11) is 0. The van der Waals surface area contributed by atoms with Crippen LogP contribution in [0.15, 0.2) is 42.5 Å². The van der Waals surface area contributed by atoms with E-state index in [2.05, 4.69) is 5.32 Å². The van der Waals surface area contributed by atoms with Crippen molar-refractivity contribution in [3.8, 4) is 0 Å². The fraction of sp³-hybridized carbons (Fsp3) is 0.304. The molecule has 12 heteroatoms. The molecule has 35 heavy (non-hydrogen) atoms. The fourth-order valence-electron chi connectivity index (χ4n) is 3.31. The molecule has 0 unspecified atom stereocenters. The molecule has 188 valence electrons. The number of carboxylic acids is 2. The average molecular weight is 495 g/mol. The lowest BCUT2D eigenvalue weighted by molar-refractivity contribution is -0.192. The van der Waals surface area contributed by atoms with Gasteiger partial charge in [0.05, 0.1) is 11.3 Å². The molecule has 1 fully saturated rings. The van der Waals surface area contributed by atoms with Crippen LogP contribution in [0.2, 0.25) is 0 Å². The highest BCUT2D eigenvalue weighted by Gasteiger charge is 2.38.